The van der Waals surface area contributed by atoms with E-state index in [9.17, 15) is 4.79 Å². The minimum Gasteiger partial charge on any atom is -0.461 e. The van der Waals surface area contributed by atoms with E-state index in [4.69, 9.17) is 33.7 Å². The molecule has 0 saturated heterocycles. The highest BCUT2D eigenvalue weighted by molar-refractivity contribution is 6.34. The van der Waals surface area contributed by atoms with Crippen molar-refractivity contribution in [3.63, 3.8) is 0 Å². The highest BCUT2D eigenvalue weighted by Crippen LogP contribution is 2.21. The van der Waals surface area contributed by atoms with Gasteiger partial charge in [0.1, 0.15) is 5.69 Å². The first-order valence-electron chi connectivity index (χ1n) is 4.72. The van der Waals surface area contributed by atoms with E-state index in [1.54, 1.807) is 6.92 Å². The first-order chi connectivity index (χ1) is 7.56. The van der Waals surface area contributed by atoms with Crippen molar-refractivity contribution in [2.45, 2.75) is 20.8 Å². The third kappa shape index (κ3) is 3.83. The Kier molecular flexibility index (Phi) is 6.76. The fourth-order valence-corrected chi connectivity index (χ4v) is 1.15. The Balaban J connectivity index is 0.00000106. The zero-order valence-electron chi connectivity index (χ0n) is 9.25. The predicted molar refractivity (Wildman–Crippen MR) is 63.8 cm³/mol. The van der Waals surface area contributed by atoms with Gasteiger partial charge in [0.2, 0.25) is 5.28 Å². The first kappa shape index (κ1) is 14.9. The first-order valence-corrected chi connectivity index (χ1v) is 5.47. The maximum atomic E-state index is 11.3. The van der Waals surface area contributed by atoms with Crippen molar-refractivity contribution < 1.29 is 9.53 Å². The predicted octanol–water partition coefficient (Wildman–Crippen LogP) is 2.57. The molecule has 0 aliphatic heterocycles. The number of rotatable bonds is 2. The van der Waals surface area contributed by atoms with Gasteiger partial charge in [0.05, 0.1) is 6.61 Å². The molecule has 90 valence electrons. The lowest BCUT2D eigenvalue weighted by molar-refractivity contribution is 0.0520. The molecule has 1 aromatic heterocycles. The monoisotopic (exact) mass is 265 g/mol. The molecular formula is C9H13Cl2N3O2. The number of esters is 1. The van der Waals surface area contributed by atoms with Crippen LogP contribution in [-0.4, -0.2) is 22.5 Å². The summed E-state index contributed by atoms with van der Waals surface area (Å²) in [6.07, 6.45) is 0. The van der Waals surface area contributed by atoms with Crippen LogP contribution in [0.3, 0.4) is 0 Å². The van der Waals surface area contributed by atoms with Crippen molar-refractivity contribution in [1.82, 2.24) is 9.97 Å². The maximum Gasteiger partial charge on any atom is 0.359 e. The minimum atomic E-state index is -0.670. The molecule has 0 aliphatic rings. The fraction of sp³-hybridized carbons (Fsp3) is 0.444. The summed E-state index contributed by atoms with van der Waals surface area (Å²) in [5.41, 5.74) is 5.32. The topological polar surface area (TPSA) is 78.1 Å². The molecule has 1 aromatic rings. The molecule has 0 atom stereocenters. The van der Waals surface area contributed by atoms with Gasteiger partial charge in [-0.1, -0.05) is 25.4 Å². The van der Waals surface area contributed by atoms with E-state index in [0.717, 1.165) is 0 Å². The number of carbonyl (C=O) groups excluding carboxylic acids is 1. The number of anilines is 1. The van der Waals surface area contributed by atoms with Gasteiger partial charge in [-0.15, -0.1) is 0 Å². The lowest BCUT2D eigenvalue weighted by atomic mass is 10.3. The molecule has 0 aliphatic carbocycles. The number of aromatic nitrogens is 2. The molecule has 1 rings (SSSR count). The van der Waals surface area contributed by atoms with Gasteiger partial charge in [-0.3, -0.25) is 0 Å². The largest absolute Gasteiger partial charge is 0.461 e. The van der Waals surface area contributed by atoms with Gasteiger partial charge in [-0.05, 0) is 18.5 Å². The van der Waals surface area contributed by atoms with Crippen molar-refractivity contribution in [3.8, 4) is 0 Å². The van der Waals surface area contributed by atoms with Crippen LogP contribution in [-0.2, 0) is 4.74 Å². The quantitative estimate of drug-likeness (QED) is 0.505. The highest BCUT2D eigenvalue weighted by Gasteiger charge is 2.17. The van der Waals surface area contributed by atoms with Crippen LogP contribution in [0.5, 0.6) is 0 Å². The molecule has 2 N–H and O–H groups in total. The van der Waals surface area contributed by atoms with E-state index in [-0.39, 0.29) is 28.4 Å². The molecule has 0 fully saturated rings. The van der Waals surface area contributed by atoms with Gasteiger partial charge >= 0.3 is 5.97 Å². The Morgan fingerprint density at radius 3 is 2.44 bits per heavy atom. The summed E-state index contributed by atoms with van der Waals surface area (Å²) in [5.74, 6) is -0.670. The molecule has 0 amide bonds. The van der Waals surface area contributed by atoms with Crippen LogP contribution in [0.1, 0.15) is 31.3 Å². The summed E-state index contributed by atoms with van der Waals surface area (Å²) in [6, 6.07) is 0. The molecule has 0 radical (unpaired) electrons. The van der Waals surface area contributed by atoms with Crippen LogP contribution in [0.15, 0.2) is 0 Å². The third-order valence-electron chi connectivity index (χ3n) is 1.34. The van der Waals surface area contributed by atoms with Gasteiger partial charge in [-0.2, -0.15) is 0 Å². The average molecular weight is 266 g/mol. The number of ether oxygens (including phenoxy) is 1. The Hall–Kier alpha value is -1.07. The molecule has 1 heterocycles. The van der Waals surface area contributed by atoms with Gasteiger partial charge in [0, 0.05) is 0 Å². The van der Waals surface area contributed by atoms with Gasteiger partial charge in [-0.25, -0.2) is 14.8 Å². The van der Waals surface area contributed by atoms with Crippen LogP contribution in [0.2, 0.25) is 10.4 Å². The second-order valence-corrected chi connectivity index (χ2v) is 2.96. The smallest absolute Gasteiger partial charge is 0.359 e. The molecule has 0 saturated carbocycles. The number of nitrogens with zero attached hydrogens (tertiary/aromatic N) is 2. The summed E-state index contributed by atoms with van der Waals surface area (Å²) in [7, 11) is 0. The molecule has 16 heavy (non-hydrogen) atoms. The fourth-order valence-electron chi connectivity index (χ4n) is 0.771. The second kappa shape index (κ2) is 7.24. The highest BCUT2D eigenvalue weighted by atomic mass is 35.5. The summed E-state index contributed by atoms with van der Waals surface area (Å²) < 4.78 is 4.69. The standard InChI is InChI=1S/C7H7Cl2N3O2.C2H6/c1-2-14-6(13)4-3(10)5(8)12-7(9)11-4;1-2/h2,10H2,1H3;1-2H3. The van der Waals surface area contributed by atoms with Gasteiger partial charge in [0.25, 0.3) is 0 Å². The van der Waals surface area contributed by atoms with Crippen LogP contribution in [0, 0.1) is 0 Å². The van der Waals surface area contributed by atoms with E-state index in [2.05, 4.69) is 9.97 Å². The average Bonchev–Trinajstić information content (AvgIpc) is 2.26. The van der Waals surface area contributed by atoms with Crippen LogP contribution < -0.4 is 5.73 Å². The Bertz CT molecular complexity index is 372. The minimum absolute atomic E-state index is 0.0329. The number of hydrogen-bond acceptors (Lipinski definition) is 5. The number of halogens is 2. The van der Waals surface area contributed by atoms with Crippen LogP contribution in [0.25, 0.3) is 0 Å². The van der Waals surface area contributed by atoms with E-state index in [1.165, 1.54) is 0 Å². The molecule has 0 bridgehead atoms. The molecule has 0 aromatic carbocycles. The lowest BCUT2D eigenvalue weighted by Crippen LogP contribution is -2.11. The summed E-state index contributed by atoms with van der Waals surface area (Å²) in [5, 5.41) is -0.208. The Morgan fingerprint density at radius 2 is 1.94 bits per heavy atom. The van der Waals surface area contributed by atoms with Crippen molar-refractivity contribution in [1.29, 1.82) is 0 Å². The van der Waals surface area contributed by atoms with E-state index in [0.29, 0.717) is 0 Å². The van der Waals surface area contributed by atoms with Crippen molar-refractivity contribution in [3.05, 3.63) is 16.1 Å². The van der Waals surface area contributed by atoms with Crippen molar-refractivity contribution in [2.75, 3.05) is 12.3 Å². The normalized spacial score (nSPS) is 9.06. The van der Waals surface area contributed by atoms with E-state index < -0.39 is 5.97 Å². The van der Waals surface area contributed by atoms with Crippen molar-refractivity contribution in [2.24, 2.45) is 0 Å². The summed E-state index contributed by atoms with van der Waals surface area (Å²) in [6.45, 7) is 5.88. The number of hydrogen-bond donors (Lipinski definition) is 1. The number of nitrogens with two attached hydrogens (primary N) is 1. The molecule has 0 unspecified atom stereocenters. The van der Waals surface area contributed by atoms with Crippen LogP contribution in [0.4, 0.5) is 5.69 Å². The van der Waals surface area contributed by atoms with Crippen molar-refractivity contribution >= 4 is 34.9 Å². The maximum absolute atomic E-state index is 11.3. The number of nitrogen functional groups attached to an aromatic ring is 1. The zero-order valence-corrected chi connectivity index (χ0v) is 10.8. The molecule has 0 spiro atoms. The zero-order chi connectivity index (χ0) is 12.7. The molecular weight excluding hydrogens is 253 g/mol. The molecule has 7 heteroatoms. The SMILES string of the molecule is CC.CCOC(=O)c1nc(Cl)nc(Cl)c1N. The van der Waals surface area contributed by atoms with Crippen LogP contribution >= 0.6 is 23.2 Å². The second-order valence-electron chi connectivity index (χ2n) is 2.27. The van der Waals surface area contributed by atoms with Gasteiger partial charge in [0.15, 0.2) is 10.8 Å². The molecule has 5 nitrogen and oxygen atoms in total. The number of carbonyl (C=O) groups is 1. The summed E-state index contributed by atoms with van der Waals surface area (Å²) >= 11 is 11.1. The summed E-state index contributed by atoms with van der Waals surface area (Å²) in [4.78, 5) is 18.4. The third-order valence-corrected chi connectivity index (χ3v) is 1.80. The lowest BCUT2D eigenvalue weighted by Gasteiger charge is -2.05. The van der Waals surface area contributed by atoms with E-state index in [1.807, 2.05) is 13.8 Å². The van der Waals surface area contributed by atoms with Gasteiger partial charge < -0.3 is 10.5 Å². The van der Waals surface area contributed by atoms with E-state index >= 15 is 0 Å². The Labute approximate surface area is 104 Å². The Morgan fingerprint density at radius 1 is 1.38 bits per heavy atom.